The minimum Gasteiger partial charge on any atom is -0.459 e. The molecule has 0 aliphatic heterocycles. The molecule has 0 aliphatic carbocycles. The fourth-order valence-corrected chi connectivity index (χ4v) is 3.27. The molecule has 8 heteroatoms. The lowest BCUT2D eigenvalue weighted by molar-refractivity contribution is 0.0993. The van der Waals surface area contributed by atoms with Crippen LogP contribution < -0.4 is 10.6 Å². The second-order valence-electron chi connectivity index (χ2n) is 5.99. The normalized spacial score (nSPS) is 10.8. The van der Waals surface area contributed by atoms with Crippen LogP contribution in [0, 0.1) is 0 Å². The van der Waals surface area contributed by atoms with Gasteiger partial charge in [-0.15, -0.1) is 0 Å². The molecule has 2 amide bonds. The maximum atomic E-state index is 12.7. The van der Waals surface area contributed by atoms with Crippen molar-refractivity contribution >= 4 is 61.6 Å². The number of furan rings is 1. The number of H-pyrrole nitrogens is 1. The first-order valence-corrected chi connectivity index (χ1v) is 9.41. The van der Waals surface area contributed by atoms with Crippen LogP contribution in [0.25, 0.3) is 10.9 Å². The molecule has 0 fully saturated rings. The predicted octanol–water partition coefficient (Wildman–Crippen LogP) is 5.68. The molecule has 2 aromatic carbocycles. The van der Waals surface area contributed by atoms with Crippen LogP contribution in [0.3, 0.4) is 0 Å². The highest BCUT2D eigenvalue weighted by Gasteiger charge is 2.15. The third-order valence-electron chi connectivity index (χ3n) is 4.05. The minimum atomic E-state index is -0.446. The van der Waals surface area contributed by atoms with Gasteiger partial charge < -0.3 is 20.0 Å². The fourth-order valence-electron chi connectivity index (χ4n) is 2.73. The zero-order valence-corrected chi connectivity index (χ0v) is 16.6. The number of carbonyl (C=O) groups is 2. The van der Waals surface area contributed by atoms with Gasteiger partial charge in [0.05, 0.1) is 17.6 Å². The summed E-state index contributed by atoms with van der Waals surface area (Å²) in [6.07, 6.45) is 1.41. The third kappa shape index (κ3) is 3.81. The molecular weight excluding hydrogens is 446 g/mol. The molecule has 2 aromatic heterocycles. The molecule has 0 aliphatic rings. The Morgan fingerprint density at radius 2 is 1.79 bits per heavy atom. The van der Waals surface area contributed by atoms with Gasteiger partial charge in [-0.05, 0) is 48.5 Å². The number of halogens is 2. The maximum Gasteiger partial charge on any atom is 0.291 e. The van der Waals surface area contributed by atoms with Crippen LogP contribution in [0.4, 0.5) is 11.4 Å². The summed E-state index contributed by atoms with van der Waals surface area (Å²) in [7, 11) is 0. The Balaban J connectivity index is 1.59. The molecule has 0 saturated heterocycles. The summed E-state index contributed by atoms with van der Waals surface area (Å²) in [5, 5.41) is 6.82. The van der Waals surface area contributed by atoms with Crippen molar-refractivity contribution in [3.63, 3.8) is 0 Å². The standard InChI is InChI=1S/C20H13BrClN3O3/c21-12-4-3-11-8-17(23-15(11)9-12)19(26)24-14-6-5-13(22)10-16(14)25-20(27)18-2-1-7-28-18/h1-10,23H,(H,24,26)(H,25,27). The van der Waals surface area contributed by atoms with Crippen molar-refractivity contribution < 1.29 is 14.0 Å². The van der Waals surface area contributed by atoms with Gasteiger partial charge in [-0.25, -0.2) is 0 Å². The molecular formula is C20H13BrClN3O3. The second-order valence-corrected chi connectivity index (χ2v) is 7.34. The van der Waals surface area contributed by atoms with Crippen LogP contribution in [0.2, 0.25) is 5.02 Å². The Labute approximate surface area is 173 Å². The van der Waals surface area contributed by atoms with Gasteiger partial charge in [0.25, 0.3) is 11.8 Å². The van der Waals surface area contributed by atoms with E-state index in [1.54, 1.807) is 36.4 Å². The van der Waals surface area contributed by atoms with Crippen molar-refractivity contribution in [3.8, 4) is 0 Å². The molecule has 4 aromatic rings. The number of anilines is 2. The molecule has 0 atom stereocenters. The SMILES string of the molecule is O=C(Nc1ccc(Cl)cc1NC(=O)c1ccco1)c1cc2ccc(Br)cc2[nH]1. The molecule has 28 heavy (non-hydrogen) atoms. The molecule has 4 rings (SSSR count). The van der Waals surface area contributed by atoms with Crippen LogP contribution >= 0.6 is 27.5 Å². The lowest BCUT2D eigenvalue weighted by Crippen LogP contribution is -2.16. The van der Waals surface area contributed by atoms with Gasteiger partial charge in [0.2, 0.25) is 0 Å². The largest absolute Gasteiger partial charge is 0.459 e. The van der Waals surface area contributed by atoms with E-state index in [9.17, 15) is 9.59 Å². The number of aromatic nitrogens is 1. The Morgan fingerprint density at radius 1 is 0.964 bits per heavy atom. The lowest BCUT2D eigenvalue weighted by Gasteiger charge is -2.12. The Kier molecular flexibility index (Phi) is 4.93. The van der Waals surface area contributed by atoms with Gasteiger partial charge >= 0.3 is 0 Å². The van der Waals surface area contributed by atoms with E-state index < -0.39 is 5.91 Å². The minimum absolute atomic E-state index is 0.151. The summed E-state index contributed by atoms with van der Waals surface area (Å²) in [5.74, 6) is -0.639. The van der Waals surface area contributed by atoms with E-state index in [0.29, 0.717) is 22.1 Å². The van der Waals surface area contributed by atoms with Crippen LogP contribution in [0.5, 0.6) is 0 Å². The highest BCUT2D eigenvalue weighted by molar-refractivity contribution is 9.10. The number of carbonyl (C=O) groups excluding carboxylic acids is 2. The summed E-state index contributed by atoms with van der Waals surface area (Å²) < 4.78 is 6.00. The number of amides is 2. The van der Waals surface area contributed by atoms with Gasteiger partial charge in [0.1, 0.15) is 5.69 Å². The predicted molar refractivity (Wildman–Crippen MR) is 112 cm³/mol. The van der Waals surface area contributed by atoms with Gasteiger partial charge in [0.15, 0.2) is 5.76 Å². The summed E-state index contributed by atoms with van der Waals surface area (Å²) in [4.78, 5) is 28.1. The number of nitrogens with one attached hydrogen (secondary N) is 3. The molecule has 0 saturated carbocycles. The van der Waals surface area contributed by atoms with Crippen LogP contribution in [-0.4, -0.2) is 16.8 Å². The molecule has 0 radical (unpaired) electrons. The summed E-state index contributed by atoms with van der Waals surface area (Å²) in [6.45, 7) is 0. The number of rotatable bonds is 4. The molecule has 140 valence electrons. The van der Waals surface area contributed by atoms with E-state index in [0.717, 1.165) is 15.4 Å². The quantitative estimate of drug-likeness (QED) is 0.367. The van der Waals surface area contributed by atoms with E-state index in [4.69, 9.17) is 16.0 Å². The van der Waals surface area contributed by atoms with Crippen molar-refractivity contribution in [3.05, 3.63) is 81.8 Å². The number of hydrogen-bond acceptors (Lipinski definition) is 3. The molecule has 0 unspecified atom stereocenters. The zero-order chi connectivity index (χ0) is 19.7. The van der Waals surface area contributed by atoms with E-state index in [-0.39, 0.29) is 11.7 Å². The van der Waals surface area contributed by atoms with Crippen LogP contribution in [-0.2, 0) is 0 Å². The van der Waals surface area contributed by atoms with E-state index in [1.165, 1.54) is 6.26 Å². The number of benzene rings is 2. The number of hydrogen-bond donors (Lipinski definition) is 3. The average Bonchev–Trinajstić information content (AvgIpc) is 3.33. The third-order valence-corrected chi connectivity index (χ3v) is 4.78. The number of aromatic amines is 1. The Morgan fingerprint density at radius 3 is 2.57 bits per heavy atom. The van der Waals surface area contributed by atoms with Crippen molar-refractivity contribution in [2.75, 3.05) is 10.6 Å². The first-order chi connectivity index (χ1) is 13.5. The zero-order valence-electron chi connectivity index (χ0n) is 14.3. The van der Waals surface area contributed by atoms with Gasteiger partial charge in [-0.3, -0.25) is 9.59 Å². The van der Waals surface area contributed by atoms with E-state index >= 15 is 0 Å². The number of fused-ring (bicyclic) bond motifs is 1. The maximum absolute atomic E-state index is 12.7. The van der Waals surface area contributed by atoms with E-state index in [2.05, 4.69) is 31.5 Å². The highest BCUT2D eigenvalue weighted by Crippen LogP contribution is 2.27. The molecule has 0 bridgehead atoms. The summed E-state index contributed by atoms with van der Waals surface area (Å²) >= 11 is 9.46. The average molecular weight is 459 g/mol. The first kappa shape index (κ1) is 18.3. The summed E-state index contributed by atoms with van der Waals surface area (Å²) in [6, 6.07) is 15.4. The van der Waals surface area contributed by atoms with Gasteiger partial charge in [-0.1, -0.05) is 33.6 Å². The van der Waals surface area contributed by atoms with Crippen LogP contribution in [0.1, 0.15) is 21.0 Å². The van der Waals surface area contributed by atoms with E-state index in [1.807, 2.05) is 18.2 Å². The summed E-state index contributed by atoms with van der Waals surface area (Å²) in [5.41, 5.74) is 2.00. The topological polar surface area (TPSA) is 87.1 Å². The first-order valence-electron chi connectivity index (χ1n) is 8.23. The molecule has 0 spiro atoms. The van der Waals surface area contributed by atoms with Crippen LogP contribution in [0.15, 0.2) is 69.8 Å². The lowest BCUT2D eigenvalue weighted by atomic mass is 10.2. The molecule has 6 nitrogen and oxygen atoms in total. The van der Waals surface area contributed by atoms with Gasteiger partial charge in [-0.2, -0.15) is 0 Å². The smallest absolute Gasteiger partial charge is 0.291 e. The van der Waals surface area contributed by atoms with Gasteiger partial charge in [0, 0.05) is 20.4 Å². The second kappa shape index (κ2) is 7.53. The Bertz CT molecular complexity index is 1180. The van der Waals surface area contributed by atoms with Crippen molar-refractivity contribution in [2.45, 2.75) is 0 Å². The monoisotopic (exact) mass is 457 g/mol. The Hall–Kier alpha value is -3.03. The molecule has 2 heterocycles. The highest BCUT2D eigenvalue weighted by atomic mass is 79.9. The molecule has 3 N–H and O–H groups in total. The van der Waals surface area contributed by atoms with Crippen molar-refractivity contribution in [1.82, 2.24) is 4.98 Å². The van der Waals surface area contributed by atoms with Crippen molar-refractivity contribution in [2.24, 2.45) is 0 Å². The van der Waals surface area contributed by atoms with Crippen molar-refractivity contribution in [1.29, 1.82) is 0 Å². The fraction of sp³-hybridized carbons (Fsp3) is 0.